The number of urea groups is 1. The van der Waals surface area contributed by atoms with Crippen molar-refractivity contribution in [2.45, 2.75) is 13.0 Å². The van der Waals surface area contributed by atoms with E-state index < -0.39 is 17.8 Å². The molecule has 108 valence electrons. The molecule has 0 unspecified atom stereocenters. The molecule has 7 nitrogen and oxygen atoms in total. The van der Waals surface area contributed by atoms with Crippen molar-refractivity contribution in [3.8, 4) is 0 Å². The number of carbonyl (C=O) groups is 3. The Kier molecular flexibility index (Phi) is 6.18. The first-order valence-corrected chi connectivity index (χ1v) is 6.11. The Morgan fingerprint density at radius 1 is 1.10 bits per heavy atom. The molecule has 0 saturated heterocycles. The van der Waals surface area contributed by atoms with Crippen molar-refractivity contribution in [2.24, 2.45) is 11.5 Å². The molecule has 0 aliphatic heterocycles. The van der Waals surface area contributed by atoms with Crippen LogP contribution in [0.5, 0.6) is 0 Å². The van der Waals surface area contributed by atoms with Crippen LogP contribution in [0.1, 0.15) is 12.0 Å². The summed E-state index contributed by atoms with van der Waals surface area (Å²) < 4.78 is 0. The first-order chi connectivity index (χ1) is 9.47. The fourth-order valence-corrected chi connectivity index (χ4v) is 1.70. The van der Waals surface area contributed by atoms with Gasteiger partial charge in [0.15, 0.2) is 0 Å². The number of nitrogens with one attached hydrogen (secondary N) is 1. The van der Waals surface area contributed by atoms with Gasteiger partial charge in [0.25, 0.3) is 0 Å². The summed E-state index contributed by atoms with van der Waals surface area (Å²) >= 11 is 0. The lowest BCUT2D eigenvalue weighted by Crippen LogP contribution is -2.42. The van der Waals surface area contributed by atoms with Crippen molar-refractivity contribution in [2.75, 3.05) is 13.1 Å². The lowest BCUT2D eigenvalue weighted by Gasteiger charge is -2.20. The summed E-state index contributed by atoms with van der Waals surface area (Å²) in [7, 11) is 0. The van der Waals surface area contributed by atoms with Crippen LogP contribution < -0.4 is 16.8 Å². The van der Waals surface area contributed by atoms with Crippen LogP contribution in [-0.4, -0.2) is 35.8 Å². The molecule has 0 fully saturated rings. The second kappa shape index (κ2) is 7.90. The van der Waals surface area contributed by atoms with Gasteiger partial charge >= 0.3 is 6.03 Å². The lowest BCUT2D eigenvalue weighted by atomic mass is 10.2. The molecule has 0 bridgehead atoms. The van der Waals surface area contributed by atoms with E-state index in [1.54, 1.807) is 4.90 Å². The third kappa shape index (κ3) is 6.50. The lowest BCUT2D eigenvalue weighted by molar-refractivity contribution is -0.122. The highest BCUT2D eigenvalue weighted by atomic mass is 16.2. The monoisotopic (exact) mass is 278 g/mol. The largest absolute Gasteiger partial charge is 0.370 e. The highest BCUT2D eigenvalue weighted by Crippen LogP contribution is 2.04. The SMILES string of the molecule is NC(=O)CCN(CC(=O)NC(N)=O)Cc1ccccc1. The van der Waals surface area contributed by atoms with Gasteiger partial charge < -0.3 is 11.5 Å². The van der Waals surface area contributed by atoms with Crippen LogP contribution in [0.2, 0.25) is 0 Å². The molecular formula is C13H18N4O3. The maximum atomic E-state index is 11.5. The van der Waals surface area contributed by atoms with Gasteiger partial charge in [-0.1, -0.05) is 30.3 Å². The normalized spacial score (nSPS) is 10.2. The topological polar surface area (TPSA) is 119 Å². The van der Waals surface area contributed by atoms with Crippen molar-refractivity contribution in [3.05, 3.63) is 35.9 Å². The fourth-order valence-electron chi connectivity index (χ4n) is 1.70. The molecular weight excluding hydrogens is 260 g/mol. The van der Waals surface area contributed by atoms with Crippen molar-refractivity contribution in [1.29, 1.82) is 0 Å². The summed E-state index contributed by atoms with van der Waals surface area (Å²) in [6.07, 6.45) is 0.136. The molecule has 20 heavy (non-hydrogen) atoms. The molecule has 0 spiro atoms. The number of amides is 4. The van der Waals surface area contributed by atoms with E-state index in [9.17, 15) is 14.4 Å². The Morgan fingerprint density at radius 2 is 1.75 bits per heavy atom. The van der Waals surface area contributed by atoms with E-state index in [4.69, 9.17) is 11.5 Å². The van der Waals surface area contributed by atoms with Gasteiger partial charge in [0.05, 0.1) is 6.54 Å². The zero-order chi connectivity index (χ0) is 15.0. The number of nitrogens with zero attached hydrogens (tertiary/aromatic N) is 1. The van der Waals surface area contributed by atoms with Crippen LogP contribution in [0.25, 0.3) is 0 Å². The van der Waals surface area contributed by atoms with Gasteiger partial charge in [-0.2, -0.15) is 0 Å². The Labute approximate surface area is 116 Å². The van der Waals surface area contributed by atoms with Gasteiger partial charge in [-0.15, -0.1) is 0 Å². The van der Waals surface area contributed by atoms with E-state index in [1.807, 2.05) is 35.6 Å². The number of nitrogens with two attached hydrogens (primary N) is 2. The summed E-state index contributed by atoms with van der Waals surface area (Å²) in [5.41, 5.74) is 11.0. The first-order valence-electron chi connectivity index (χ1n) is 6.11. The summed E-state index contributed by atoms with van der Waals surface area (Å²) in [5.74, 6) is -0.962. The maximum absolute atomic E-state index is 11.5. The van der Waals surface area contributed by atoms with Crippen LogP contribution in [0.15, 0.2) is 30.3 Å². The first kappa shape index (κ1) is 15.6. The number of benzene rings is 1. The summed E-state index contributed by atoms with van der Waals surface area (Å²) in [4.78, 5) is 34.7. The average Bonchev–Trinajstić information content (AvgIpc) is 2.36. The highest BCUT2D eigenvalue weighted by Gasteiger charge is 2.13. The summed E-state index contributed by atoms with van der Waals surface area (Å²) in [6.45, 7) is 0.766. The van der Waals surface area contributed by atoms with Gasteiger partial charge in [0.2, 0.25) is 11.8 Å². The molecule has 0 aliphatic carbocycles. The van der Waals surface area contributed by atoms with Crippen molar-refractivity contribution in [1.82, 2.24) is 10.2 Å². The second-order valence-corrected chi connectivity index (χ2v) is 4.32. The number of hydrogen-bond acceptors (Lipinski definition) is 4. The number of carbonyl (C=O) groups excluding carboxylic acids is 3. The standard InChI is InChI=1S/C13H18N4O3/c14-11(18)6-7-17(9-12(19)16-13(15)20)8-10-4-2-1-3-5-10/h1-5H,6-9H2,(H2,14,18)(H3,15,16,19,20). The Bertz CT molecular complexity index is 476. The molecule has 1 aromatic carbocycles. The van der Waals surface area contributed by atoms with E-state index >= 15 is 0 Å². The molecule has 0 aliphatic rings. The smallest absolute Gasteiger partial charge is 0.318 e. The number of primary amides is 2. The summed E-state index contributed by atoms with van der Waals surface area (Å²) in [6, 6.07) is 8.56. The van der Waals surface area contributed by atoms with Crippen LogP contribution in [0.3, 0.4) is 0 Å². The maximum Gasteiger partial charge on any atom is 0.318 e. The van der Waals surface area contributed by atoms with Crippen LogP contribution in [-0.2, 0) is 16.1 Å². The van der Waals surface area contributed by atoms with Crippen LogP contribution in [0, 0.1) is 0 Å². The van der Waals surface area contributed by atoms with E-state index in [1.165, 1.54) is 0 Å². The van der Waals surface area contributed by atoms with Crippen molar-refractivity contribution < 1.29 is 14.4 Å². The Hall–Kier alpha value is -2.41. The quantitative estimate of drug-likeness (QED) is 0.626. The Morgan fingerprint density at radius 3 is 2.30 bits per heavy atom. The third-order valence-corrected chi connectivity index (χ3v) is 2.55. The van der Waals surface area contributed by atoms with E-state index in [2.05, 4.69) is 0 Å². The minimum Gasteiger partial charge on any atom is -0.370 e. The minimum absolute atomic E-state index is 0.0366. The van der Waals surface area contributed by atoms with Crippen molar-refractivity contribution in [3.63, 3.8) is 0 Å². The Balaban J connectivity index is 2.62. The number of hydrogen-bond donors (Lipinski definition) is 3. The highest BCUT2D eigenvalue weighted by molar-refractivity contribution is 5.94. The molecule has 4 amide bonds. The molecule has 7 heteroatoms. The van der Waals surface area contributed by atoms with Crippen molar-refractivity contribution >= 4 is 17.8 Å². The fraction of sp³-hybridized carbons (Fsp3) is 0.308. The van der Waals surface area contributed by atoms with E-state index in [-0.39, 0.29) is 13.0 Å². The van der Waals surface area contributed by atoms with Gasteiger partial charge in [0, 0.05) is 19.5 Å². The average molecular weight is 278 g/mol. The predicted octanol–water partition coefficient (Wildman–Crippen LogP) is -0.441. The van der Waals surface area contributed by atoms with E-state index in [0.29, 0.717) is 13.1 Å². The molecule has 0 heterocycles. The van der Waals surface area contributed by atoms with Gasteiger partial charge in [0.1, 0.15) is 0 Å². The minimum atomic E-state index is -0.899. The van der Waals surface area contributed by atoms with Crippen LogP contribution >= 0.6 is 0 Å². The molecule has 0 saturated carbocycles. The molecule has 0 atom stereocenters. The number of rotatable bonds is 7. The molecule has 1 rings (SSSR count). The zero-order valence-corrected chi connectivity index (χ0v) is 11.0. The number of imide groups is 1. The van der Waals surface area contributed by atoms with Crippen LogP contribution in [0.4, 0.5) is 4.79 Å². The summed E-state index contributed by atoms with van der Waals surface area (Å²) in [5, 5.41) is 1.99. The third-order valence-electron chi connectivity index (χ3n) is 2.55. The molecule has 0 aromatic heterocycles. The van der Waals surface area contributed by atoms with Gasteiger partial charge in [-0.3, -0.25) is 19.8 Å². The zero-order valence-electron chi connectivity index (χ0n) is 11.0. The van der Waals surface area contributed by atoms with Gasteiger partial charge in [-0.25, -0.2) is 4.79 Å². The second-order valence-electron chi connectivity index (χ2n) is 4.32. The molecule has 0 radical (unpaired) electrons. The predicted molar refractivity (Wildman–Crippen MR) is 73.3 cm³/mol. The molecule has 1 aromatic rings. The van der Waals surface area contributed by atoms with E-state index in [0.717, 1.165) is 5.56 Å². The van der Waals surface area contributed by atoms with Gasteiger partial charge in [-0.05, 0) is 5.56 Å². The molecule has 5 N–H and O–H groups in total.